The molecule has 0 aliphatic heterocycles. The van der Waals surface area contributed by atoms with Crippen LogP contribution in [-0.2, 0) is 4.79 Å². The first-order chi connectivity index (χ1) is 7.24. The first-order valence-electron chi connectivity index (χ1n) is 4.80. The van der Waals surface area contributed by atoms with Gasteiger partial charge in [-0.15, -0.1) is 0 Å². The van der Waals surface area contributed by atoms with Crippen LogP contribution in [0.3, 0.4) is 0 Å². The van der Waals surface area contributed by atoms with Crippen LogP contribution in [0.15, 0.2) is 18.2 Å². The number of halogens is 1. The van der Waals surface area contributed by atoms with Crippen LogP contribution in [0.1, 0.15) is 24.8 Å². The van der Waals surface area contributed by atoms with Gasteiger partial charge >= 0.3 is 0 Å². The van der Waals surface area contributed by atoms with Crippen molar-refractivity contribution < 1.29 is 4.79 Å². The van der Waals surface area contributed by atoms with E-state index in [1.54, 1.807) is 0 Å². The second-order valence-electron chi connectivity index (χ2n) is 3.58. The molecule has 78 valence electrons. The van der Waals surface area contributed by atoms with Crippen LogP contribution in [0.4, 0.5) is 0 Å². The number of aldehydes is 1. The summed E-state index contributed by atoms with van der Waals surface area (Å²) in [6.07, 6.45) is 1.43. The Hall–Kier alpha value is -1.35. The normalized spacial score (nSPS) is 12.9. The molecule has 0 aliphatic carbocycles. The number of nitrogens with one attached hydrogen (secondary N) is 1. The van der Waals surface area contributed by atoms with Crippen LogP contribution in [0.2, 0.25) is 5.15 Å². The van der Waals surface area contributed by atoms with Crippen LogP contribution in [-0.4, -0.2) is 16.5 Å². The molecular weight excluding hydrogens is 212 g/mol. The van der Waals surface area contributed by atoms with Crippen molar-refractivity contribution in [2.24, 2.45) is 0 Å². The number of carbonyl (C=O) groups is 1. The van der Waals surface area contributed by atoms with Crippen molar-refractivity contribution in [2.45, 2.75) is 19.3 Å². The van der Waals surface area contributed by atoms with E-state index in [1.165, 1.54) is 0 Å². The Bertz CT molecular complexity index is 492. The smallest absolute Gasteiger partial charge is 0.132 e. The predicted molar refractivity (Wildman–Crippen MR) is 60.2 cm³/mol. The zero-order valence-corrected chi connectivity index (χ0v) is 9.08. The molecule has 1 heterocycles. The van der Waals surface area contributed by atoms with Crippen LogP contribution in [0.5, 0.6) is 0 Å². The third kappa shape index (κ3) is 1.75. The number of aromatic nitrogens is 2. The summed E-state index contributed by atoms with van der Waals surface area (Å²) >= 11 is 5.94. The molecular formula is C11H11ClN2O. The predicted octanol–water partition coefficient (Wildman–Crippen LogP) is 2.91. The lowest BCUT2D eigenvalue weighted by Gasteiger charge is -2.08. The van der Waals surface area contributed by atoms with E-state index >= 15 is 0 Å². The lowest BCUT2D eigenvalue weighted by molar-refractivity contribution is -0.108. The fourth-order valence-corrected chi connectivity index (χ4v) is 1.89. The molecule has 2 rings (SSSR count). The Morgan fingerprint density at radius 1 is 1.60 bits per heavy atom. The molecule has 1 aromatic heterocycles. The molecule has 3 nitrogen and oxygen atoms in total. The largest absolute Gasteiger partial charge is 0.303 e. The van der Waals surface area contributed by atoms with Gasteiger partial charge in [0.15, 0.2) is 0 Å². The third-order valence-corrected chi connectivity index (χ3v) is 2.84. The van der Waals surface area contributed by atoms with E-state index in [0.717, 1.165) is 22.8 Å². The van der Waals surface area contributed by atoms with E-state index in [9.17, 15) is 4.79 Å². The van der Waals surface area contributed by atoms with Gasteiger partial charge < -0.3 is 4.79 Å². The Labute approximate surface area is 92.4 Å². The van der Waals surface area contributed by atoms with E-state index in [-0.39, 0.29) is 5.92 Å². The minimum absolute atomic E-state index is 0.172. The number of benzene rings is 1. The van der Waals surface area contributed by atoms with Gasteiger partial charge in [0.25, 0.3) is 0 Å². The van der Waals surface area contributed by atoms with Gasteiger partial charge in [0.1, 0.15) is 11.4 Å². The van der Waals surface area contributed by atoms with Gasteiger partial charge in [-0.3, -0.25) is 5.10 Å². The van der Waals surface area contributed by atoms with E-state index in [0.29, 0.717) is 11.6 Å². The van der Waals surface area contributed by atoms with Gasteiger partial charge in [-0.2, -0.15) is 5.10 Å². The fraction of sp³-hybridized carbons (Fsp3) is 0.273. The third-order valence-electron chi connectivity index (χ3n) is 2.55. The van der Waals surface area contributed by atoms with E-state index in [1.807, 2.05) is 25.1 Å². The maximum absolute atomic E-state index is 10.5. The summed E-state index contributed by atoms with van der Waals surface area (Å²) in [5, 5.41) is 8.35. The Morgan fingerprint density at radius 2 is 2.40 bits per heavy atom. The molecule has 0 saturated heterocycles. The lowest BCUT2D eigenvalue weighted by atomic mass is 9.96. The Balaban J connectivity index is 2.55. The molecule has 0 amide bonds. The zero-order valence-electron chi connectivity index (χ0n) is 8.33. The van der Waals surface area contributed by atoms with Crippen molar-refractivity contribution in [3.8, 4) is 0 Å². The molecule has 0 bridgehead atoms. The zero-order chi connectivity index (χ0) is 10.8. The highest BCUT2D eigenvalue weighted by atomic mass is 35.5. The quantitative estimate of drug-likeness (QED) is 0.812. The molecule has 2 aromatic rings. The number of carbonyl (C=O) groups excluding carboxylic acids is 1. The highest BCUT2D eigenvalue weighted by molar-refractivity contribution is 6.34. The van der Waals surface area contributed by atoms with Gasteiger partial charge in [0.2, 0.25) is 0 Å². The van der Waals surface area contributed by atoms with Crippen molar-refractivity contribution in [1.29, 1.82) is 0 Å². The number of fused-ring (bicyclic) bond motifs is 1. The molecule has 0 radical (unpaired) electrons. The van der Waals surface area contributed by atoms with Crippen LogP contribution >= 0.6 is 11.6 Å². The molecule has 15 heavy (non-hydrogen) atoms. The minimum Gasteiger partial charge on any atom is -0.303 e. The van der Waals surface area contributed by atoms with Crippen molar-refractivity contribution in [3.05, 3.63) is 28.9 Å². The van der Waals surface area contributed by atoms with Crippen LogP contribution in [0, 0.1) is 0 Å². The molecule has 0 spiro atoms. The number of rotatable bonds is 3. The van der Waals surface area contributed by atoms with E-state index in [2.05, 4.69) is 10.2 Å². The summed E-state index contributed by atoms with van der Waals surface area (Å²) in [5.41, 5.74) is 1.92. The standard InChI is InChI=1S/C11H11ClN2O/c1-7(5-6-15)8-3-2-4-9-10(8)13-14-11(9)12/h2-4,6-7H,5H2,1H3,(H,13,14). The Morgan fingerprint density at radius 3 is 3.13 bits per heavy atom. The summed E-state index contributed by atoms with van der Waals surface area (Å²) in [7, 11) is 0. The fourth-order valence-electron chi connectivity index (χ4n) is 1.70. The Kier molecular flexibility index (Phi) is 2.73. The summed E-state index contributed by atoms with van der Waals surface area (Å²) in [6.45, 7) is 2.01. The number of para-hydroxylation sites is 1. The second-order valence-corrected chi connectivity index (χ2v) is 3.96. The van der Waals surface area contributed by atoms with E-state index < -0.39 is 0 Å². The monoisotopic (exact) mass is 222 g/mol. The van der Waals surface area contributed by atoms with Gasteiger partial charge in [-0.05, 0) is 17.5 Å². The maximum atomic E-state index is 10.5. The average molecular weight is 223 g/mol. The van der Waals surface area contributed by atoms with Gasteiger partial charge in [-0.25, -0.2) is 0 Å². The van der Waals surface area contributed by atoms with Crippen molar-refractivity contribution >= 4 is 28.8 Å². The molecule has 0 aliphatic rings. The van der Waals surface area contributed by atoms with Crippen LogP contribution < -0.4 is 0 Å². The SMILES string of the molecule is CC(CC=O)c1cccc2c(Cl)[nH]nc12. The van der Waals surface area contributed by atoms with Gasteiger partial charge in [0, 0.05) is 11.8 Å². The van der Waals surface area contributed by atoms with Crippen molar-refractivity contribution in [2.75, 3.05) is 0 Å². The molecule has 4 heteroatoms. The summed E-state index contributed by atoms with van der Waals surface area (Å²) in [4.78, 5) is 10.5. The number of hydrogen-bond acceptors (Lipinski definition) is 2. The number of nitrogens with zero attached hydrogens (tertiary/aromatic N) is 1. The molecule has 1 unspecified atom stereocenters. The highest BCUT2D eigenvalue weighted by Gasteiger charge is 2.12. The minimum atomic E-state index is 0.172. The number of hydrogen-bond donors (Lipinski definition) is 1. The van der Waals surface area contributed by atoms with Gasteiger partial charge in [0.05, 0.1) is 5.52 Å². The summed E-state index contributed by atoms with van der Waals surface area (Å²) in [5.74, 6) is 0.172. The lowest BCUT2D eigenvalue weighted by Crippen LogP contribution is -1.95. The molecule has 1 atom stereocenters. The van der Waals surface area contributed by atoms with Gasteiger partial charge in [-0.1, -0.05) is 30.7 Å². The average Bonchev–Trinajstić information content (AvgIpc) is 2.61. The topological polar surface area (TPSA) is 45.8 Å². The van der Waals surface area contributed by atoms with Crippen LogP contribution in [0.25, 0.3) is 10.9 Å². The summed E-state index contributed by atoms with van der Waals surface area (Å²) in [6, 6.07) is 5.83. The maximum Gasteiger partial charge on any atom is 0.132 e. The van der Waals surface area contributed by atoms with Crippen molar-refractivity contribution in [3.63, 3.8) is 0 Å². The van der Waals surface area contributed by atoms with Crippen molar-refractivity contribution in [1.82, 2.24) is 10.2 Å². The van der Waals surface area contributed by atoms with E-state index in [4.69, 9.17) is 11.6 Å². The number of H-pyrrole nitrogens is 1. The first kappa shape index (κ1) is 10.2. The summed E-state index contributed by atoms with van der Waals surface area (Å²) < 4.78 is 0. The second kappa shape index (κ2) is 4.03. The highest BCUT2D eigenvalue weighted by Crippen LogP contribution is 2.28. The molecule has 1 N–H and O–H groups in total. The molecule has 0 saturated carbocycles. The number of aromatic amines is 1. The molecule has 0 fully saturated rings. The molecule has 1 aromatic carbocycles. The first-order valence-corrected chi connectivity index (χ1v) is 5.18.